The predicted octanol–water partition coefficient (Wildman–Crippen LogP) is 3.45. The van der Waals surface area contributed by atoms with Crippen molar-refractivity contribution in [3.8, 4) is 5.75 Å². The average Bonchev–Trinajstić information content (AvgIpc) is 2.95. The lowest BCUT2D eigenvalue weighted by molar-refractivity contribution is 0.0753. The van der Waals surface area contributed by atoms with Gasteiger partial charge in [0.2, 0.25) is 5.56 Å². The molecule has 0 fully saturated rings. The standard InChI is InChI=1S/C26H29FN4O3.H2S/c1-28-13-12-23(18-6-4-3-5-7-18)34-20-9-8-19(22(27)16-20)17-31-15-14-30(2)25-21(26(31)33)10-11-24(32)29-25;/h3-11,16,23,28H,12-15,17H2,1-2H3,(H,29,32);1H2/t23-;/m0./s1. The summed E-state index contributed by atoms with van der Waals surface area (Å²) in [6.45, 7) is 1.81. The summed E-state index contributed by atoms with van der Waals surface area (Å²) in [5.74, 6) is 0.255. The minimum Gasteiger partial charge on any atom is -0.486 e. The van der Waals surface area contributed by atoms with Crippen LogP contribution in [0.5, 0.6) is 5.75 Å². The number of carbonyl (C=O) groups is 1. The summed E-state index contributed by atoms with van der Waals surface area (Å²) in [5.41, 5.74) is 1.56. The highest BCUT2D eigenvalue weighted by atomic mass is 32.1. The molecule has 9 heteroatoms. The number of anilines is 1. The van der Waals surface area contributed by atoms with Gasteiger partial charge in [0, 0.05) is 50.8 Å². The fourth-order valence-corrected chi connectivity index (χ4v) is 4.08. The highest BCUT2D eigenvalue weighted by molar-refractivity contribution is 7.59. The Morgan fingerprint density at radius 1 is 1.09 bits per heavy atom. The lowest BCUT2D eigenvalue weighted by atomic mass is 10.1. The first kappa shape index (κ1) is 26.3. The zero-order chi connectivity index (χ0) is 24.1. The number of benzene rings is 2. The van der Waals surface area contributed by atoms with Gasteiger partial charge in [0.25, 0.3) is 5.91 Å². The van der Waals surface area contributed by atoms with Crippen molar-refractivity contribution in [2.45, 2.75) is 19.1 Å². The van der Waals surface area contributed by atoms with Crippen molar-refractivity contribution in [1.29, 1.82) is 0 Å². The van der Waals surface area contributed by atoms with Gasteiger partial charge >= 0.3 is 0 Å². The summed E-state index contributed by atoms with van der Waals surface area (Å²) in [6.07, 6.45) is 0.529. The fraction of sp³-hybridized carbons (Fsp3) is 0.308. The van der Waals surface area contributed by atoms with Gasteiger partial charge in [-0.1, -0.05) is 36.4 Å². The molecule has 7 nitrogen and oxygen atoms in total. The Morgan fingerprint density at radius 3 is 2.57 bits per heavy atom. The minimum atomic E-state index is -0.426. The number of fused-ring (bicyclic) bond motifs is 1. The Labute approximate surface area is 211 Å². The van der Waals surface area contributed by atoms with E-state index in [0.717, 1.165) is 18.5 Å². The molecule has 4 rings (SSSR count). The van der Waals surface area contributed by atoms with Crippen LogP contribution in [0.2, 0.25) is 0 Å². The molecular weight excluding hydrogens is 467 g/mol. The molecule has 186 valence electrons. The number of nitrogens with one attached hydrogen (secondary N) is 2. The van der Waals surface area contributed by atoms with Crippen LogP contribution < -0.4 is 20.5 Å². The van der Waals surface area contributed by atoms with Gasteiger partial charge in [-0.2, -0.15) is 13.5 Å². The number of aromatic amines is 1. The first-order chi connectivity index (χ1) is 16.5. The summed E-state index contributed by atoms with van der Waals surface area (Å²) in [7, 11) is 3.70. The molecule has 1 aliphatic rings. The highest BCUT2D eigenvalue weighted by Crippen LogP contribution is 2.27. The molecule has 3 aromatic rings. The maximum atomic E-state index is 15.1. The van der Waals surface area contributed by atoms with Gasteiger partial charge in [-0.3, -0.25) is 9.59 Å². The van der Waals surface area contributed by atoms with E-state index in [2.05, 4.69) is 10.3 Å². The topological polar surface area (TPSA) is 77.7 Å². The average molecular weight is 499 g/mol. The third-order valence-electron chi connectivity index (χ3n) is 5.99. The maximum Gasteiger partial charge on any atom is 0.257 e. The Kier molecular flexibility index (Phi) is 8.95. The lowest BCUT2D eigenvalue weighted by Gasteiger charge is -2.22. The van der Waals surface area contributed by atoms with E-state index in [-0.39, 0.29) is 37.6 Å². The molecule has 0 saturated carbocycles. The number of carbonyl (C=O) groups excluding carboxylic acids is 1. The second-order valence-electron chi connectivity index (χ2n) is 8.40. The third-order valence-corrected chi connectivity index (χ3v) is 5.99. The normalized spacial score (nSPS) is 14.1. The zero-order valence-electron chi connectivity index (χ0n) is 19.9. The van der Waals surface area contributed by atoms with Crippen molar-refractivity contribution in [3.05, 3.63) is 93.5 Å². The predicted molar refractivity (Wildman–Crippen MR) is 140 cm³/mol. The molecule has 35 heavy (non-hydrogen) atoms. The van der Waals surface area contributed by atoms with Crippen LogP contribution in [0.25, 0.3) is 0 Å². The van der Waals surface area contributed by atoms with E-state index in [4.69, 9.17) is 4.74 Å². The molecule has 1 amide bonds. The van der Waals surface area contributed by atoms with Crippen molar-refractivity contribution in [1.82, 2.24) is 15.2 Å². The molecule has 0 bridgehead atoms. The van der Waals surface area contributed by atoms with E-state index in [1.165, 1.54) is 18.2 Å². The van der Waals surface area contributed by atoms with Crippen LogP contribution >= 0.6 is 13.5 Å². The number of nitrogens with zero attached hydrogens (tertiary/aromatic N) is 2. The molecule has 1 aromatic heterocycles. The van der Waals surface area contributed by atoms with Crippen LogP contribution in [0.4, 0.5) is 10.2 Å². The van der Waals surface area contributed by atoms with E-state index in [1.807, 2.05) is 49.3 Å². The van der Waals surface area contributed by atoms with Gasteiger partial charge in [0.05, 0.1) is 5.56 Å². The SMILES string of the molecule is CNCC[C@H](Oc1ccc(CN2CCN(C)c3[nH]c(=O)ccc3C2=O)c(F)c1)c1ccccc1.S. The van der Waals surface area contributed by atoms with E-state index in [9.17, 15) is 9.59 Å². The Morgan fingerprint density at radius 2 is 1.86 bits per heavy atom. The first-order valence-corrected chi connectivity index (χ1v) is 11.3. The summed E-state index contributed by atoms with van der Waals surface area (Å²) >= 11 is 0. The number of hydrogen-bond donors (Lipinski definition) is 2. The molecule has 0 saturated heterocycles. The van der Waals surface area contributed by atoms with Gasteiger partial charge in [-0.25, -0.2) is 4.39 Å². The number of hydrogen-bond acceptors (Lipinski definition) is 5. The number of aromatic nitrogens is 1. The van der Waals surface area contributed by atoms with Crippen LogP contribution in [0, 0.1) is 5.82 Å². The smallest absolute Gasteiger partial charge is 0.257 e. The molecule has 0 unspecified atom stereocenters. The molecule has 0 aliphatic carbocycles. The quantitative estimate of drug-likeness (QED) is 0.498. The lowest BCUT2D eigenvalue weighted by Crippen LogP contribution is -2.33. The van der Waals surface area contributed by atoms with E-state index in [0.29, 0.717) is 35.8 Å². The van der Waals surface area contributed by atoms with Crippen molar-refractivity contribution >= 4 is 25.2 Å². The van der Waals surface area contributed by atoms with Crippen LogP contribution in [-0.2, 0) is 6.54 Å². The Balaban J connectivity index is 0.00000342. The largest absolute Gasteiger partial charge is 0.486 e. The molecule has 0 radical (unpaired) electrons. The molecule has 2 N–H and O–H groups in total. The molecule has 1 atom stereocenters. The van der Waals surface area contributed by atoms with Gasteiger partial charge in [0.1, 0.15) is 23.5 Å². The monoisotopic (exact) mass is 498 g/mol. The number of halogens is 1. The van der Waals surface area contributed by atoms with Crippen molar-refractivity contribution < 1.29 is 13.9 Å². The third kappa shape index (κ3) is 6.23. The number of H-pyrrole nitrogens is 1. The summed E-state index contributed by atoms with van der Waals surface area (Å²) in [5, 5.41) is 3.13. The summed E-state index contributed by atoms with van der Waals surface area (Å²) in [6, 6.07) is 17.5. The summed E-state index contributed by atoms with van der Waals surface area (Å²) < 4.78 is 21.2. The van der Waals surface area contributed by atoms with E-state index >= 15 is 4.39 Å². The Bertz CT molecular complexity index is 1200. The van der Waals surface area contributed by atoms with Crippen LogP contribution in [0.1, 0.15) is 34.0 Å². The highest BCUT2D eigenvalue weighted by Gasteiger charge is 2.26. The van der Waals surface area contributed by atoms with Gasteiger partial charge < -0.3 is 24.8 Å². The van der Waals surface area contributed by atoms with E-state index in [1.54, 1.807) is 17.0 Å². The van der Waals surface area contributed by atoms with Gasteiger partial charge in [-0.15, -0.1) is 0 Å². The molecule has 2 heterocycles. The number of likely N-dealkylation sites (N-methyl/N-ethyl adjacent to an activating group) is 1. The van der Waals surface area contributed by atoms with Crippen LogP contribution in [-0.4, -0.2) is 49.5 Å². The van der Waals surface area contributed by atoms with Gasteiger partial charge in [-0.05, 0) is 31.3 Å². The Hall–Kier alpha value is -3.30. The number of pyridine rings is 1. The number of amides is 1. The van der Waals surface area contributed by atoms with Crippen LogP contribution in [0.15, 0.2) is 65.5 Å². The maximum absolute atomic E-state index is 15.1. The van der Waals surface area contributed by atoms with Crippen molar-refractivity contribution in [2.75, 3.05) is 38.6 Å². The number of rotatable bonds is 8. The second kappa shape index (κ2) is 11.9. The minimum absolute atomic E-state index is 0. The molecule has 1 aliphatic heterocycles. The number of ether oxygens (including phenoxy) is 1. The van der Waals surface area contributed by atoms with Crippen molar-refractivity contribution in [2.24, 2.45) is 0 Å². The van der Waals surface area contributed by atoms with Crippen molar-refractivity contribution in [3.63, 3.8) is 0 Å². The molecular formula is C26H31FN4O3S. The zero-order valence-corrected chi connectivity index (χ0v) is 20.9. The van der Waals surface area contributed by atoms with Crippen LogP contribution in [0.3, 0.4) is 0 Å². The fourth-order valence-electron chi connectivity index (χ4n) is 4.08. The first-order valence-electron chi connectivity index (χ1n) is 11.3. The second-order valence-corrected chi connectivity index (χ2v) is 8.40. The van der Waals surface area contributed by atoms with E-state index < -0.39 is 5.82 Å². The van der Waals surface area contributed by atoms with Gasteiger partial charge in [0.15, 0.2) is 0 Å². The molecule has 0 spiro atoms. The summed E-state index contributed by atoms with van der Waals surface area (Å²) in [4.78, 5) is 31.0. The molecule has 2 aromatic carbocycles.